The second-order valence-electron chi connectivity index (χ2n) is 20.2. The molecule has 61 heavy (non-hydrogen) atoms. The van der Waals surface area contributed by atoms with Crippen molar-refractivity contribution in [2.45, 2.75) is 192 Å². The Morgan fingerprint density at radius 3 is 2.44 bits per heavy atom. The maximum Gasteiger partial charge on any atom is 0.309 e. The molecule has 2 heterocycles. The van der Waals surface area contributed by atoms with Crippen molar-refractivity contribution in [2.24, 2.45) is 40.4 Å². The van der Waals surface area contributed by atoms with Gasteiger partial charge in [-0.05, 0) is 133 Å². The molecule has 2 aliphatic heterocycles. The Labute approximate surface area is 361 Å². The van der Waals surface area contributed by atoms with Crippen LogP contribution in [-0.4, -0.2) is 135 Å². The normalized spacial score (nSPS) is 46.6. The molecule has 0 aromatic heterocycles. The summed E-state index contributed by atoms with van der Waals surface area (Å²) in [5.74, 6) is -2.93. The summed E-state index contributed by atoms with van der Waals surface area (Å²) in [6.07, 6.45) is 2.38. The minimum atomic E-state index is -1.79. The van der Waals surface area contributed by atoms with Gasteiger partial charge in [0, 0.05) is 35.9 Å². The van der Waals surface area contributed by atoms with Gasteiger partial charge in [-0.15, -0.1) is 0 Å². The van der Waals surface area contributed by atoms with E-state index in [0.717, 1.165) is 12.8 Å². The van der Waals surface area contributed by atoms with E-state index in [-0.39, 0.29) is 67.8 Å². The molecule has 0 bridgehead atoms. The predicted molar refractivity (Wildman–Crippen MR) is 225 cm³/mol. The van der Waals surface area contributed by atoms with Crippen molar-refractivity contribution in [1.82, 2.24) is 10.2 Å². The summed E-state index contributed by atoms with van der Waals surface area (Å²) in [4.78, 5) is 41.6. The van der Waals surface area contributed by atoms with E-state index in [2.05, 4.69) is 5.32 Å². The lowest BCUT2D eigenvalue weighted by Crippen LogP contribution is -2.64. The largest absolute Gasteiger partial charge is 0.459 e. The number of hydrogen-bond acceptors (Lipinski definition) is 12. The molecule has 0 aromatic carbocycles. The molecule has 2 saturated heterocycles. The molecule has 4 unspecified atom stereocenters. The Morgan fingerprint density at radius 1 is 1.00 bits per heavy atom. The van der Waals surface area contributed by atoms with Crippen molar-refractivity contribution in [3.8, 4) is 0 Å². The van der Waals surface area contributed by atoms with Crippen LogP contribution in [0.5, 0.6) is 0 Å². The van der Waals surface area contributed by atoms with Gasteiger partial charge in [0.05, 0.1) is 36.4 Å². The van der Waals surface area contributed by atoms with Crippen molar-refractivity contribution in [3.05, 3.63) is 23.8 Å². The molecule has 6 rings (SSSR count). The number of aliphatic hydroxyl groups excluding tert-OH is 4. The molecule has 0 radical (unpaired) electrons. The van der Waals surface area contributed by atoms with Crippen molar-refractivity contribution < 1.29 is 58.5 Å². The lowest BCUT2D eigenvalue weighted by atomic mass is 9.46. The molecule has 6 aliphatic rings. The fourth-order valence-electron chi connectivity index (χ4n) is 12.5. The summed E-state index contributed by atoms with van der Waals surface area (Å²) in [5.41, 5.74) is -3.24. The lowest BCUT2D eigenvalue weighted by Gasteiger charge is -2.60. The van der Waals surface area contributed by atoms with Gasteiger partial charge in [0.2, 0.25) is 0 Å². The number of halogens is 1. The molecule has 0 spiro atoms. The smallest absolute Gasteiger partial charge is 0.309 e. The number of fused-ring (bicyclic) bond motifs is 5. The number of ketones is 1. The van der Waals surface area contributed by atoms with Crippen molar-refractivity contribution in [1.29, 1.82) is 0 Å². The average molecular weight is 863 g/mol. The minimum Gasteiger partial charge on any atom is -0.459 e. The Bertz CT molecular complexity index is 1630. The van der Waals surface area contributed by atoms with Crippen LogP contribution < -0.4 is 5.32 Å². The number of rotatable bonds is 8. The molecule has 5 fully saturated rings. The third kappa shape index (κ3) is 9.58. The molecule has 18 atom stereocenters. The zero-order chi connectivity index (χ0) is 44.6. The minimum absolute atomic E-state index is 0.0428. The van der Waals surface area contributed by atoms with Gasteiger partial charge >= 0.3 is 5.97 Å². The average Bonchev–Trinajstić information content (AvgIpc) is 3.48. The van der Waals surface area contributed by atoms with E-state index in [1.807, 2.05) is 32.6 Å². The molecule has 3 saturated carbocycles. The first-order valence-electron chi connectivity index (χ1n) is 23.3. The van der Waals surface area contributed by atoms with E-state index >= 15 is 4.39 Å². The van der Waals surface area contributed by atoms with E-state index in [1.54, 1.807) is 26.8 Å². The molecule has 14 heteroatoms. The number of cyclic esters (lactones) is 1. The van der Waals surface area contributed by atoms with Gasteiger partial charge in [0.25, 0.3) is 5.91 Å². The number of allylic oxidation sites excluding steroid dienone is 4. The number of nitrogens with zero attached hydrogens (tertiary/aromatic N) is 1. The van der Waals surface area contributed by atoms with Gasteiger partial charge in [0.1, 0.15) is 24.0 Å². The Hall–Kier alpha value is -2.30. The quantitative estimate of drug-likeness (QED) is 0.150. The van der Waals surface area contributed by atoms with Crippen LogP contribution in [0, 0.1) is 40.4 Å². The van der Waals surface area contributed by atoms with E-state index in [1.165, 1.54) is 12.2 Å². The van der Waals surface area contributed by atoms with Crippen LogP contribution in [0.2, 0.25) is 0 Å². The molecule has 6 N–H and O–H groups in total. The van der Waals surface area contributed by atoms with E-state index in [4.69, 9.17) is 14.2 Å². The highest BCUT2D eigenvalue weighted by atomic mass is 19.1. The number of alkyl halides is 1. The van der Waals surface area contributed by atoms with Crippen molar-refractivity contribution in [2.75, 3.05) is 19.6 Å². The zero-order valence-electron chi connectivity index (χ0n) is 37.5. The van der Waals surface area contributed by atoms with Crippen LogP contribution >= 0.6 is 0 Å². The summed E-state index contributed by atoms with van der Waals surface area (Å²) >= 11 is 0. The highest BCUT2D eigenvalue weighted by molar-refractivity contribution is 6.01. The van der Waals surface area contributed by atoms with Gasteiger partial charge in [-0.3, -0.25) is 19.3 Å². The number of esters is 1. The SMILES string of the molecule is CC[C@H]1OC(=O)[C@H](C)C[C@H](C)C(O[C@H]2CCC[C@@H](C)O2)[C@H](O)CCCN(CCCNC(=O)[C@@]2(O)CCC3C4C[C@H](F)C5=CC(=O)C=C[C@]5(C)C4[C@@H](O)C[C@@]32C)[C@H](C)[C@@H](O)[C@@H]1O. The Kier molecular flexibility index (Phi) is 15.3. The molecular weight excluding hydrogens is 788 g/mol. The molecular formula is C47H75FN2O11. The fraction of sp³-hybridized carbons (Fsp3) is 0.851. The van der Waals surface area contributed by atoms with Crippen LogP contribution in [0.3, 0.4) is 0 Å². The summed E-state index contributed by atoms with van der Waals surface area (Å²) in [5, 5.41) is 61.4. The Balaban J connectivity index is 1.12. The summed E-state index contributed by atoms with van der Waals surface area (Å²) in [7, 11) is 0. The first-order chi connectivity index (χ1) is 28.7. The van der Waals surface area contributed by atoms with Crippen molar-refractivity contribution in [3.63, 3.8) is 0 Å². The number of carbonyl (C=O) groups is 3. The van der Waals surface area contributed by atoms with Gasteiger partial charge in [0.15, 0.2) is 12.1 Å². The van der Waals surface area contributed by atoms with Crippen LogP contribution in [0.4, 0.5) is 4.39 Å². The third-order valence-corrected chi connectivity index (χ3v) is 16.1. The molecule has 13 nitrogen and oxygen atoms in total. The second-order valence-corrected chi connectivity index (χ2v) is 20.2. The van der Waals surface area contributed by atoms with Gasteiger partial charge < -0.3 is 45.1 Å². The molecule has 0 aromatic rings. The summed E-state index contributed by atoms with van der Waals surface area (Å²) in [6, 6.07) is -0.597. The van der Waals surface area contributed by atoms with Crippen LogP contribution in [0.1, 0.15) is 126 Å². The summed E-state index contributed by atoms with van der Waals surface area (Å²) in [6.45, 7) is 14.1. The molecule has 346 valence electrons. The second kappa shape index (κ2) is 19.4. The van der Waals surface area contributed by atoms with E-state index < -0.39 is 89.4 Å². The number of aliphatic hydroxyl groups is 5. The van der Waals surface area contributed by atoms with Gasteiger partial charge in [-0.1, -0.05) is 40.7 Å². The third-order valence-electron chi connectivity index (χ3n) is 16.1. The number of hydrogen-bond donors (Lipinski definition) is 6. The van der Waals surface area contributed by atoms with Crippen LogP contribution in [-0.2, 0) is 28.6 Å². The standard InChI is InChI=1S/C47H75FN2O11/c1-8-37-41(55)40(54)29(5)50(20-10-13-35(52)42(26(2)22-27(3)43(56)60-37)61-38-14-9-12-28(4)59-38)21-11-19-49-44(57)47(58)18-16-32-31-24-34(48)33-23-30(51)15-17-45(33,6)39(31)36(53)25-46(32,47)7/h15,17,23,26-29,31-32,34-42,52-55,58H,8-14,16,18-22,24-25H2,1-7H3,(H,49,57)/t26-,27+,28+,29+,31?,32?,34-,35+,36-,37+,38-,39?,40+,41+,42?,45-,46-,47-/m0/s1. The summed E-state index contributed by atoms with van der Waals surface area (Å²) < 4.78 is 34.2. The molecule has 4 aliphatic carbocycles. The lowest BCUT2D eigenvalue weighted by molar-refractivity contribution is -0.236. The Morgan fingerprint density at radius 2 is 1.74 bits per heavy atom. The fourth-order valence-corrected chi connectivity index (χ4v) is 12.5. The first kappa shape index (κ1) is 48.2. The van der Waals surface area contributed by atoms with Crippen LogP contribution in [0.25, 0.3) is 0 Å². The maximum atomic E-state index is 15.8. The number of carbonyl (C=O) groups excluding carboxylic acids is 3. The number of nitrogens with one attached hydrogen (secondary N) is 1. The van der Waals surface area contributed by atoms with Gasteiger partial charge in [-0.25, -0.2) is 4.39 Å². The van der Waals surface area contributed by atoms with Crippen LogP contribution in [0.15, 0.2) is 23.8 Å². The van der Waals surface area contributed by atoms with Crippen molar-refractivity contribution >= 4 is 17.7 Å². The maximum absolute atomic E-state index is 15.8. The first-order valence-corrected chi connectivity index (χ1v) is 23.3. The highest BCUT2D eigenvalue weighted by Crippen LogP contribution is 2.67. The van der Waals surface area contributed by atoms with E-state index in [9.17, 15) is 39.9 Å². The van der Waals surface area contributed by atoms with Gasteiger partial charge in [-0.2, -0.15) is 0 Å². The zero-order valence-corrected chi connectivity index (χ0v) is 37.5. The predicted octanol–water partition coefficient (Wildman–Crippen LogP) is 4.30. The number of ether oxygens (including phenoxy) is 3. The monoisotopic (exact) mass is 863 g/mol. The highest BCUT2D eigenvalue weighted by Gasteiger charge is 2.69. The topological polar surface area (TPSA) is 195 Å². The van der Waals surface area contributed by atoms with E-state index in [0.29, 0.717) is 57.2 Å². The molecule has 1 amide bonds. The number of amides is 1.